The average Bonchev–Trinajstić information content (AvgIpc) is 2.93. The van der Waals surface area contributed by atoms with Gasteiger partial charge in [-0.25, -0.2) is 4.39 Å². The van der Waals surface area contributed by atoms with Gasteiger partial charge in [-0.3, -0.25) is 4.68 Å². The molecule has 0 fully saturated rings. The topological polar surface area (TPSA) is 41.9 Å². The van der Waals surface area contributed by atoms with Gasteiger partial charge < -0.3 is 10.6 Å². The van der Waals surface area contributed by atoms with Crippen molar-refractivity contribution in [2.75, 3.05) is 10.6 Å². The molecule has 0 saturated heterocycles. The Kier molecular flexibility index (Phi) is 6.13. The van der Waals surface area contributed by atoms with Crippen molar-refractivity contribution in [2.24, 2.45) is 0 Å². The Labute approximate surface area is 173 Å². The Morgan fingerprint density at radius 3 is 2.58 bits per heavy atom. The summed E-state index contributed by atoms with van der Waals surface area (Å²) in [6.07, 6.45) is 1.72. The summed E-state index contributed by atoms with van der Waals surface area (Å²) in [6, 6.07) is 11.7. The van der Waals surface area contributed by atoms with E-state index in [0.717, 1.165) is 5.69 Å². The molecule has 0 atom stereocenters. The molecule has 0 amide bonds. The van der Waals surface area contributed by atoms with E-state index in [1.165, 1.54) is 6.07 Å². The second-order valence-corrected chi connectivity index (χ2v) is 7.42. The van der Waals surface area contributed by atoms with Crippen molar-refractivity contribution in [1.82, 2.24) is 9.78 Å². The first-order valence-corrected chi connectivity index (χ1v) is 9.37. The number of aromatic nitrogens is 2. The molecule has 26 heavy (non-hydrogen) atoms. The van der Waals surface area contributed by atoms with Crippen molar-refractivity contribution in [3.8, 4) is 0 Å². The quantitative estimate of drug-likeness (QED) is 0.459. The smallest absolute Gasteiger partial charge is 0.176 e. The first kappa shape index (κ1) is 19.1. The monoisotopic (exact) mass is 472 g/mol. The third kappa shape index (κ3) is 4.73. The van der Waals surface area contributed by atoms with Crippen LogP contribution in [0.5, 0.6) is 0 Å². The van der Waals surface area contributed by atoms with Crippen molar-refractivity contribution >= 4 is 68.0 Å². The number of hydrogen-bond acceptors (Lipinski definition) is 2. The molecule has 9 heteroatoms. The van der Waals surface area contributed by atoms with Crippen LogP contribution in [0.3, 0.4) is 0 Å². The van der Waals surface area contributed by atoms with E-state index in [0.29, 0.717) is 31.0 Å². The van der Waals surface area contributed by atoms with Crippen LogP contribution in [0.1, 0.15) is 5.56 Å². The molecule has 0 saturated carbocycles. The van der Waals surface area contributed by atoms with E-state index in [-0.39, 0.29) is 12.4 Å². The fourth-order valence-electron chi connectivity index (χ4n) is 2.21. The molecule has 0 spiro atoms. The zero-order valence-electron chi connectivity index (χ0n) is 13.1. The Hall–Kier alpha value is -1.67. The Morgan fingerprint density at radius 2 is 1.88 bits per heavy atom. The largest absolute Gasteiger partial charge is 0.332 e. The highest BCUT2D eigenvalue weighted by molar-refractivity contribution is 9.10. The molecular formula is C17H12BrCl2FN4S. The minimum Gasteiger partial charge on any atom is -0.332 e. The predicted molar refractivity (Wildman–Crippen MR) is 112 cm³/mol. The lowest BCUT2D eigenvalue weighted by Crippen LogP contribution is -2.19. The van der Waals surface area contributed by atoms with Gasteiger partial charge in [0.05, 0.1) is 11.0 Å². The minimum atomic E-state index is -0.376. The van der Waals surface area contributed by atoms with Crippen molar-refractivity contribution < 1.29 is 4.39 Å². The van der Waals surface area contributed by atoms with E-state index in [1.54, 1.807) is 35.1 Å². The summed E-state index contributed by atoms with van der Waals surface area (Å²) >= 11 is 20.6. The summed E-state index contributed by atoms with van der Waals surface area (Å²) in [6.45, 7) is 0.198. The summed E-state index contributed by atoms with van der Waals surface area (Å²) in [4.78, 5) is 0. The first-order chi connectivity index (χ1) is 12.4. The summed E-state index contributed by atoms with van der Waals surface area (Å²) in [5.41, 5.74) is 1.16. The van der Waals surface area contributed by atoms with Crippen LogP contribution < -0.4 is 10.6 Å². The van der Waals surface area contributed by atoms with Gasteiger partial charge in [-0.05, 0) is 64.5 Å². The molecule has 1 aromatic heterocycles. The number of benzene rings is 2. The molecule has 3 rings (SSSR count). The minimum absolute atomic E-state index is 0.198. The second-order valence-electron chi connectivity index (χ2n) is 5.31. The van der Waals surface area contributed by atoms with E-state index in [1.807, 2.05) is 12.1 Å². The number of rotatable bonds is 4. The van der Waals surface area contributed by atoms with Gasteiger partial charge in [0.2, 0.25) is 0 Å². The number of nitrogens with one attached hydrogen (secondary N) is 2. The van der Waals surface area contributed by atoms with E-state index in [4.69, 9.17) is 35.4 Å². The maximum Gasteiger partial charge on any atom is 0.176 e. The molecule has 2 N–H and O–H groups in total. The molecule has 134 valence electrons. The SMILES string of the molecule is Fc1cccc(Cl)c1Cn1cc(Br)c(NC(=S)Nc2ccc(Cl)cc2)n1. The summed E-state index contributed by atoms with van der Waals surface area (Å²) in [5, 5.41) is 11.7. The standard InChI is InChI=1S/C17H12BrCl2FN4S/c18-13-9-25(8-12-14(20)2-1-3-15(12)21)24-16(13)23-17(26)22-11-6-4-10(19)5-7-11/h1-7,9H,8H2,(H2,22,23,24,26). The summed E-state index contributed by atoms with van der Waals surface area (Å²) < 4.78 is 16.2. The lowest BCUT2D eigenvalue weighted by atomic mass is 10.2. The van der Waals surface area contributed by atoms with Gasteiger partial charge in [-0.1, -0.05) is 29.3 Å². The van der Waals surface area contributed by atoms with Crippen molar-refractivity contribution in [2.45, 2.75) is 6.54 Å². The number of nitrogens with zero attached hydrogens (tertiary/aromatic N) is 2. The normalized spacial score (nSPS) is 10.6. The molecule has 0 bridgehead atoms. The van der Waals surface area contributed by atoms with Crippen LogP contribution in [0.25, 0.3) is 0 Å². The maximum absolute atomic E-state index is 13.9. The van der Waals surface area contributed by atoms with Gasteiger partial charge in [0, 0.05) is 27.5 Å². The molecule has 0 unspecified atom stereocenters. The van der Waals surface area contributed by atoms with E-state index in [9.17, 15) is 4.39 Å². The molecule has 1 heterocycles. The predicted octanol–water partition coefficient (Wildman–Crippen LogP) is 5.95. The Bertz CT molecular complexity index is 926. The van der Waals surface area contributed by atoms with Crippen molar-refractivity contribution in [1.29, 1.82) is 0 Å². The third-order valence-electron chi connectivity index (χ3n) is 3.43. The third-order valence-corrected chi connectivity index (χ3v) is 4.82. The highest BCUT2D eigenvalue weighted by Gasteiger charge is 2.12. The fourth-order valence-corrected chi connectivity index (χ4v) is 3.19. The lowest BCUT2D eigenvalue weighted by Gasteiger charge is -2.09. The van der Waals surface area contributed by atoms with Gasteiger partial charge >= 0.3 is 0 Å². The van der Waals surface area contributed by atoms with Crippen LogP contribution in [0.2, 0.25) is 10.0 Å². The van der Waals surface area contributed by atoms with Crippen LogP contribution in [-0.4, -0.2) is 14.9 Å². The Balaban J connectivity index is 1.70. The maximum atomic E-state index is 13.9. The summed E-state index contributed by atoms with van der Waals surface area (Å²) in [7, 11) is 0. The van der Waals surface area contributed by atoms with Gasteiger partial charge in [0.25, 0.3) is 0 Å². The van der Waals surface area contributed by atoms with Crippen molar-refractivity contribution in [3.05, 3.63) is 74.6 Å². The second kappa shape index (κ2) is 8.35. The molecule has 2 aromatic carbocycles. The zero-order valence-corrected chi connectivity index (χ0v) is 17.1. The number of hydrogen-bond donors (Lipinski definition) is 2. The molecule has 4 nitrogen and oxygen atoms in total. The molecular weight excluding hydrogens is 462 g/mol. The number of halogens is 4. The van der Waals surface area contributed by atoms with Gasteiger partial charge in [0.15, 0.2) is 10.9 Å². The van der Waals surface area contributed by atoms with E-state index in [2.05, 4.69) is 31.7 Å². The Morgan fingerprint density at radius 1 is 1.15 bits per heavy atom. The summed E-state index contributed by atoms with van der Waals surface area (Å²) in [5.74, 6) is 0.127. The number of thiocarbonyl (C=S) groups is 1. The van der Waals surface area contributed by atoms with Crippen LogP contribution in [-0.2, 0) is 6.54 Å². The highest BCUT2D eigenvalue weighted by Crippen LogP contribution is 2.24. The fraction of sp³-hybridized carbons (Fsp3) is 0.0588. The lowest BCUT2D eigenvalue weighted by molar-refractivity contribution is 0.586. The molecule has 0 aliphatic rings. The van der Waals surface area contributed by atoms with Gasteiger partial charge in [0.1, 0.15) is 5.82 Å². The molecule has 0 aliphatic carbocycles. The van der Waals surface area contributed by atoms with Crippen LogP contribution in [0, 0.1) is 5.82 Å². The van der Waals surface area contributed by atoms with Crippen LogP contribution in [0.15, 0.2) is 53.1 Å². The van der Waals surface area contributed by atoms with E-state index < -0.39 is 0 Å². The molecule has 3 aromatic rings. The van der Waals surface area contributed by atoms with Gasteiger partial charge in [-0.2, -0.15) is 5.10 Å². The van der Waals surface area contributed by atoms with Gasteiger partial charge in [-0.15, -0.1) is 0 Å². The highest BCUT2D eigenvalue weighted by atomic mass is 79.9. The average molecular weight is 474 g/mol. The van der Waals surface area contributed by atoms with E-state index >= 15 is 0 Å². The van der Waals surface area contributed by atoms with Crippen LogP contribution in [0.4, 0.5) is 15.9 Å². The molecule has 0 aliphatic heterocycles. The molecule has 0 radical (unpaired) electrons. The zero-order chi connectivity index (χ0) is 18.7. The first-order valence-electron chi connectivity index (χ1n) is 7.42. The van der Waals surface area contributed by atoms with Crippen LogP contribution >= 0.6 is 51.3 Å². The van der Waals surface area contributed by atoms with Crippen molar-refractivity contribution in [3.63, 3.8) is 0 Å². The number of anilines is 2.